The number of hydrogen-bond donors (Lipinski definition) is 0. The lowest BCUT2D eigenvalue weighted by Gasteiger charge is -2.38. The van der Waals surface area contributed by atoms with Gasteiger partial charge in [-0.15, -0.1) is 0 Å². The molecule has 0 aromatic heterocycles. The van der Waals surface area contributed by atoms with Crippen molar-refractivity contribution in [1.29, 1.82) is 0 Å². The van der Waals surface area contributed by atoms with E-state index in [0.717, 1.165) is 47.3 Å². The zero-order valence-electron chi connectivity index (χ0n) is 29.5. The van der Waals surface area contributed by atoms with E-state index in [0.29, 0.717) is 0 Å². The summed E-state index contributed by atoms with van der Waals surface area (Å²) >= 11 is 0. The van der Waals surface area contributed by atoms with Gasteiger partial charge in [-0.05, 0) is 252 Å². The van der Waals surface area contributed by atoms with Gasteiger partial charge in [-0.1, -0.05) is 36.4 Å². The Kier molecular flexibility index (Phi) is 5.98. The van der Waals surface area contributed by atoms with E-state index in [9.17, 15) is 0 Å². The topological polar surface area (TPSA) is 0 Å². The minimum absolute atomic E-state index is 0.740. The van der Waals surface area contributed by atoms with E-state index in [1.165, 1.54) is 130 Å². The van der Waals surface area contributed by atoms with Crippen LogP contribution in [-0.2, 0) is 0 Å². The van der Waals surface area contributed by atoms with Crippen molar-refractivity contribution in [3.8, 4) is 22.3 Å². The molecule has 5 aromatic carbocycles. The van der Waals surface area contributed by atoms with Gasteiger partial charge in [-0.3, -0.25) is 0 Å². The summed E-state index contributed by atoms with van der Waals surface area (Å²) in [6, 6.07) is 25.2. The molecule has 13 rings (SSSR count). The summed E-state index contributed by atoms with van der Waals surface area (Å²) in [5.74, 6) is 6.68. The SMILES string of the molecule is Cc1cccc(C)c1-c1c2cc3c(cc2c(-c2c(C)cccc2C)c2cc4c(cc12)C1CC2CC(C1)CC4C2)C1CC2CC(CC3C2)C1. The van der Waals surface area contributed by atoms with E-state index in [4.69, 9.17) is 0 Å². The van der Waals surface area contributed by atoms with E-state index in [1.807, 2.05) is 0 Å². The average molecular weight is 627 g/mol. The molecule has 0 amide bonds. The highest BCUT2D eigenvalue weighted by Crippen LogP contribution is 2.60. The Morgan fingerprint density at radius 1 is 0.333 bits per heavy atom. The van der Waals surface area contributed by atoms with Gasteiger partial charge in [-0.2, -0.15) is 0 Å². The van der Waals surface area contributed by atoms with E-state index >= 15 is 0 Å². The first-order chi connectivity index (χ1) is 23.4. The monoisotopic (exact) mass is 626 g/mol. The molecule has 4 fully saturated rings. The smallest absolute Gasteiger partial charge is 0.00208 e. The number of rotatable bonds is 2. The van der Waals surface area contributed by atoms with Crippen molar-refractivity contribution >= 4 is 21.5 Å². The van der Waals surface area contributed by atoms with Gasteiger partial charge in [0, 0.05) is 0 Å². The molecule has 8 aliphatic rings. The molecule has 0 radical (unpaired) electrons. The lowest BCUT2D eigenvalue weighted by atomic mass is 9.67. The molecule has 0 heterocycles. The molecule has 4 saturated carbocycles. The molecule has 0 unspecified atom stereocenters. The van der Waals surface area contributed by atoms with Gasteiger partial charge in [0.2, 0.25) is 0 Å². The Labute approximate surface area is 287 Å². The maximum Gasteiger partial charge on any atom is -0.00208 e. The number of benzene rings is 5. The predicted molar refractivity (Wildman–Crippen MR) is 202 cm³/mol. The van der Waals surface area contributed by atoms with E-state index < -0.39 is 0 Å². The molecule has 242 valence electrons. The molecule has 0 aliphatic heterocycles. The summed E-state index contributed by atoms with van der Waals surface area (Å²) in [6.45, 7) is 9.47. The van der Waals surface area contributed by atoms with Gasteiger partial charge in [0.15, 0.2) is 0 Å². The van der Waals surface area contributed by atoms with E-state index in [2.05, 4.69) is 88.4 Å². The lowest BCUT2D eigenvalue weighted by Crippen LogP contribution is -2.25. The van der Waals surface area contributed by atoms with Crippen LogP contribution in [0.4, 0.5) is 0 Å². The molecule has 5 aromatic rings. The third kappa shape index (κ3) is 3.96. The van der Waals surface area contributed by atoms with Gasteiger partial charge in [0.25, 0.3) is 0 Å². The fraction of sp³-hybridized carbons (Fsp3) is 0.458. The molecule has 0 N–H and O–H groups in total. The second kappa shape index (κ2) is 10.1. The third-order valence-corrected chi connectivity index (χ3v) is 15.0. The van der Waals surface area contributed by atoms with Crippen molar-refractivity contribution in [2.45, 2.75) is 116 Å². The van der Waals surface area contributed by atoms with Crippen molar-refractivity contribution in [2.24, 2.45) is 23.7 Å². The van der Waals surface area contributed by atoms with Crippen molar-refractivity contribution in [2.75, 3.05) is 0 Å². The molecular formula is C48H50. The van der Waals surface area contributed by atoms with Crippen LogP contribution in [0.25, 0.3) is 43.8 Å². The normalized spacial score (nSPS) is 30.9. The number of hydrogen-bond acceptors (Lipinski definition) is 0. The highest BCUT2D eigenvalue weighted by Gasteiger charge is 2.44. The van der Waals surface area contributed by atoms with Crippen LogP contribution in [0, 0.1) is 51.4 Å². The Morgan fingerprint density at radius 3 is 0.833 bits per heavy atom. The van der Waals surface area contributed by atoms with Crippen LogP contribution < -0.4 is 0 Å². The van der Waals surface area contributed by atoms with Crippen LogP contribution in [0.1, 0.15) is 132 Å². The minimum Gasteiger partial charge on any atom is -0.0617 e. The van der Waals surface area contributed by atoms with Gasteiger partial charge >= 0.3 is 0 Å². The summed E-state index contributed by atoms with van der Waals surface area (Å²) in [4.78, 5) is 0. The first-order valence-corrected chi connectivity index (χ1v) is 19.6. The molecule has 0 saturated heterocycles. The summed E-state index contributed by atoms with van der Waals surface area (Å²) in [6.07, 6.45) is 14.3. The maximum atomic E-state index is 2.79. The van der Waals surface area contributed by atoms with Crippen molar-refractivity contribution < 1.29 is 0 Å². The van der Waals surface area contributed by atoms with Crippen LogP contribution in [0.3, 0.4) is 0 Å². The van der Waals surface area contributed by atoms with Crippen LogP contribution in [0.5, 0.6) is 0 Å². The van der Waals surface area contributed by atoms with Crippen LogP contribution in [0.15, 0.2) is 60.7 Å². The van der Waals surface area contributed by atoms with E-state index in [1.54, 1.807) is 22.3 Å². The van der Waals surface area contributed by atoms with E-state index in [-0.39, 0.29) is 0 Å². The van der Waals surface area contributed by atoms with Crippen LogP contribution in [0.2, 0.25) is 0 Å². The predicted octanol–water partition coefficient (Wildman–Crippen LogP) is 13.3. The standard InChI is InChI=1S/C48H50/c1-25-7-5-8-26(2)45(25)47-41-21-37-33-13-29-11-30(14-33)18-35(17-29)39(37)23-43(41)48(46-27(3)9-6-10-28(46)4)44-24-40-36-19-31-12-32(20-36)16-34(15-31)38(40)22-42(44)47/h5-10,21-24,29-36H,11-20H2,1-4H3. The maximum absolute atomic E-state index is 2.79. The Hall–Kier alpha value is -3.38. The molecule has 8 bridgehead atoms. The van der Waals surface area contributed by atoms with Gasteiger partial charge in [-0.25, -0.2) is 0 Å². The second-order valence-electron chi connectivity index (χ2n) is 17.9. The first-order valence-electron chi connectivity index (χ1n) is 19.6. The Bertz CT molecular complexity index is 1870. The second-order valence-corrected chi connectivity index (χ2v) is 17.9. The Morgan fingerprint density at radius 2 is 0.583 bits per heavy atom. The van der Waals surface area contributed by atoms with Gasteiger partial charge < -0.3 is 0 Å². The molecule has 0 spiro atoms. The summed E-state index contributed by atoms with van der Waals surface area (Å²) in [5, 5.41) is 6.10. The number of aryl methyl sites for hydroxylation is 4. The zero-order chi connectivity index (χ0) is 32.0. The lowest BCUT2D eigenvalue weighted by molar-refractivity contribution is 0.165. The first kappa shape index (κ1) is 28.5. The minimum atomic E-state index is 0.740. The average Bonchev–Trinajstić information content (AvgIpc) is 3.33. The van der Waals surface area contributed by atoms with Gasteiger partial charge in [0.05, 0.1) is 0 Å². The molecule has 0 nitrogen and oxygen atoms in total. The number of fused-ring (bicyclic) bond motifs is 2. The molecular weight excluding hydrogens is 577 g/mol. The molecule has 0 atom stereocenters. The van der Waals surface area contributed by atoms with Crippen molar-refractivity contribution in [3.05, 3.63) is 105 Å². The van der Waals surface area contributed by atoms with Crippen molar-refractivity contribution in [1.82, 2.24) is 0 Å². The third-order valence-electron chi connectivity index (χ3n) is 15.0. The quantitative estimate of drug-likeness (QED) is 0.171. The van der Waals surface area contributed by atoms with Crippen LogP contribution >= 0.6 is 0 Å². The Balaban J connectivity index is 1.34. The summed E-state index contributed by atoms with van der Waals surface area (Å²) in [5.41, 5.74) is 18.6. The fourth-order valence-electron chi connectivity index (χ4n) is 13.5. The highest BCUT2D eigenvalue weighted by molar-refractivity contribution is 6.23. The highest BCUT2D eigenvalue weighted by atomic mass is 14.5. The molecule has 8 aliphatic carbocycles. The molecule has 48 heavy (non-hydrogen) atoms. The zero-order valence-corrected chi connectivity index (χ0v) is 29.5. The largest absolute Gasteiger partial charge is 0.0617 e. The van der Waals surface area contributed by atoms with Crippen LogP contribution in [-0.4, -0.2) is 0 Å². The molecule has 0 heteroatoms. The fourth-order valence-corrected chi connectivity index (χ4v) is 13.5. The summed E-state index contributed by atoms with van der Waals surface area (Å²) < 4.78 is 0. The van der Waals surface area contributed by atoms with Gasteiger partial charge in [0.1, 0.15) is 0 Å². The summed E-state index contributed by atoms with van der Waals surface area (Å²) in [7, 11) is 0. The van der Waals surface area contributed by atoms with Crippen molar-refractivity contribution in [3.63, 3.8) is 0 Å².